The summed E-state index contributed by atoms with van der Waals surface area (Å²) in [4.78, 5) is 13.9. The predicted octanol–water partition coefficient (Wildman–Crippen LogP) is 3.03. The maximum atomic E-state index is 12.9. The molecule has 3 rings (SSSR count). The number of carbonyl (C=O) groups excluding carboxylic acids is 1. The Bertz CT molecular complexity index is 1020. The Balaban J connectivity index is 1.82. The number of hydrogen-bond acceptors (Lipinski definition) is 5. The minimum Gasteiger partial charge on any atom is -0.368 e. The summed E-state index contributed by atoms with van der Waals surface area (Å²) < 4.78 is 27.8. The third-order valence-corrected chi connectivity index (χ3v) is 7.47. The third-order valence-electron chi connectivity index (χ3n) is 4.56. The lowest BCUT2D eigenvalue weighted by Crippen LogP contribution is -2.49. The van der Waals surface area contributed by atoms with Crippen LogP contribution in [0.5, 0.6) is 0 Å². The summed E-state index contributed by atoms with van der Waals surface area (Å²) in [7, 11) is -3.59. The number of carbonyl (C=O) groups is 1. The number of nitrogens with zero attached hydrogens (tertiary/aromatic N) is 3. The normalized spacial score (nSPS) is 15.4. The molecule has 2 aromatic rings. The van der Waals surface area contributed by atoms with Crippen molar-refractivity contribution in [3.63, 3.8) is 0 Å². The van der Waals surface area contributed by atoms with E-state index in [4.69, 9.17) is 0 Å². The van der Waals surface area contributed by atoms with Crippen LogP contribution in [0.3, 0.4) is 0 Å². The molecular formula is C19H18BrN3O3S. The Labute approximate surface area is 167 Å². The van der Waals surface area contributed by atoms with Crippen molar-refractivity contribution >= 4 is 37.4 Å². The number of ketones is 1. The summed E-state index contributed by atoms with van der Waals surface area (Å²) in [6.45, 7) is 2.98. The smallest absolute Gasteiger partial charge is 0.244 e. The van der Waals surface area contributed by atoms with Crippen molar-refractivity contribution in [2.24, 2.45) is 0 Å². The van der Waals surface area contributed by atoms with E-state index in [9.17, 15) is 18.5 Å². The molecule has 0 saturated carbocycles. The van der Waals surface area contributed by atoms with Crippen LogP contribution in [0, 0.1) is 11.3 Å². The van der Waals surface area contributed by atoms with Gasteiger partial charge in [-0.15, -0.1) is 0 Å². The second kappa shape index (κ2) is 7.80. The SMILES string of the molecule is CC(=O)c1ccc(C#N)c(N2CCN(S(=O)(=O)c3ccccc3Br)CC2)c1. The maximum absolute atomic E-state index is 12.9. The zero-order valence-electron chi connectivity index (χ0n) is 14.7. The largest absolute Gasteiger partial charge is 0.368 e. The Kier molecular flexibility index (Phi) is 5.65. The molecule has 0 N–H and O–H groups in total. The first-order valence-corrected chi connectivity index (χ1v) is 10.6. The minimum atomic E-state index is -3.59. The van der Waals surface area contributed by atoms with Gasteiger partial charge in [0.1, 0.15) is 6.07 Å². The Morgan fingerprint density at radius 2 is 1.78 bits per heavy atom. The van der Waals surface area contributed by atoms with E-state index in [-0.39, 0.29) is 10.7 Å². The fourth-order valence-electron chi connectivity index (χ4n) is 3.07. The van der Waals surface area contributed by atoms with Crippen LogP contribution in [0.25, 0.3) is 0 Å². The molecule has 1 aliphatic rings. The number of nitriles is 1. The highest BCUT2D eigenvalue weighted by atomic mass is 79.9. The van der Waals surface area contributed by atoms with E-state index in [2.05, 4.69) is 22.0 Å². The molecular weight excluding hydrogens is 430 g/mol. The summed E-state index contributed by atoms with van der Waals surface area (Å²) in [5.41, 5.74) is 1.68. The lowest BCUT2D eigenvalue weighted by molar-refractivity contribution is 0.101. The molecule has 0 aliphatic carbocycles. The molecule has 2 aromatic carbocycles. The second-order valence-electron chi connectivity index (χ2n) is 6.22. The van der Waals surface area contributed by atoms with Crippen LogP contribution < -0.4 is 4.90 Å². The molecule has 0 bridgehead atoms. The van der Waals surface area contributed by atoms with Crippen molar-refractivity contribution in [2.45, 2.75) is 11.8 Å². The van der Waals surface area contributed by atoms with E-state index in [0.717, 1.165) is 0 Å². The molecule has 1 fully saturated rings. The lowest BCUT2D eigenvalue weighted by Gasteiger charge is -2.36. The van der Waals surface area contributed by atoms with E-state index >= 15 is 0 Å². The summed E-state index contributed by atoms with van der Waals surface area (Å²) in [5, 5.41) is 9.37. The van der Waals surface area contributed by atoms with Gasteiger partial charge in [0, 0.05) is 36.2 Å². The maximum Gasteiger partial charge on any atom is 0.244 e. The van der Waals surface area contributed by atoms with Gasteiger partial charge < -0.3 is 4.90 Å². The van der Waals surface area contributed by atoms with Crippen LogP contribution in [0.2, 0.25) is 0 Å². The van der Waals surface area contributed by atoms with Gasteiger partial charge in [-0.25, -0.2) is 8.42 Å². The zero-order chi connectivity index (χ0) is 19.6. The fraction of sp³-hybridized carbons (Fsp3) is 0.263. The number of rotatable bonds is 4. The highest BCUT2D eigenvalue weighted by Gasteiger charge is 2.30. The molecule has 0 unspecified atom stereocenters. The Morgan fingerprint density at radius 3 is 2.37 bits per heavy atom. The minimum absolute atomic E-state index is 0.0733. The molecule has 27 heavy (non-hydrogen) atoms. The lowest BCUT2D eigenvalue weighted by atomic mass is 10.1. The van der Waals surface area contributed by atoms with Crippen molar-refractivity contribution in [1.29, 1.82) is 5.26 Å². The number of benzene rings is 2. The van der Waals surface area contributed by atoms with Gasteiger partial charge in [0.25, 0.3) is 0 Å². The second-order valence-corrected chi connectivity index (χ2v) is 8.98. The highest BCUT2D eigenvalue weighted by molar-refractivity contribution is 9.10. The average molecular weight is 448 g/mol. The Hall–Kier alpha value is -2.21. The van der Waals surface area contributed by atoms with Gasteiger partial charge in [-0.3, -0.25) is 4.79 Å². The van der Waals surface area contributed by atoms with E-state index in [1.807, 2.05) is 4.90 Å². The van der Waals surface area contributed by atoms with Crippen molar-refractivity contribution in [3.8, 4) is 6.07 Å². The molecule has 1 aliphatic heterocycles. The van der Waals surface area contributed by atoms with E-state index < -0.39 is 10.0 Å². The summed E-state index contributed by atoms with van der Waals surface area (Å²) in [5.74, 6) is -0.0733. The van der Waals surface area contributed by atoms with Gasteiger partial charge in [0.15, 0.2) is 5.78 Å². The van der Waals surface area contributed by atoms with Crippen LogP contribution in [-0.4, -0.2) is 44.7 Å². The quantitative estimate of drug-likeness (QED) is 0.672. The number of sulfonamides is 1. The number of Topliss-reactive ketones (excluding diaryl/α,β-unsaturated/α-hetero) is 1. The summed E-state index contributed by atoms with van der Waals surface area (Å²) in [6.07, 6.45) is 0. The predicted molar refractivity (Wildman–Crippen MR) is 106 cm³/mol. The van der Waals surface area contributed by atoms with Crippen molar-refractivity contribution in [3.05, 3.63) is 58.1 Å². The first-order valence-electron chi connectivity index (χ1n) is 8.39. The first kappa shape index (κ1) is 19.5. The first-order chi connectivity index (χ1) is 12.8. The van der Waals surface area contributed by atoms with Gasteiger partial charge in [-0.1, -0.05) is 12.1 Å². The molecule has 8 heteroatoms. The van der Waals surface area contributed by atoms with E-state index in [0.29, 0.717) is 47.5 Å². The van der Waals surface area contributed by atoms with E-state index in [1.54, 1.807) is 42.5 Å². The fourth-order valence-corrected chi connectivity index (χ4v) is 5.45. The molecule has 0 atom stereocenters. The molecule has 0 radical (unpaired) electrons. The van der Waals surface area contributed by atoms with Crippen LogP contribution in [0.15, 0.2) is 51.8 Å². The monoisotopic (exact) mass is 447 g/mol. The van der Waals surface area contributed by atoms with Crippen molar-refractivity contribution in [2.75, 3.05) is 31.1 Å². The van der Waals surface area contributed by atoms with Gasteiger partial charge in [-0.05, 0) is 53.2 Å². The molecule has 140 valence electrons. The van der Waals surface area contributed by atoms with Crippen LogP contribution in [-0.2, 0) is 10.0 Å². The average Bonchev–Trinajstić information content (AvgIpc) is 2.67. The van der Waals surface area contributed by atoms with Crippen LogP contribution >= 0.6 is 15.9 Å². The molecule has 1 heterocycles. The standard InChI is InChI=1S/C19H18BrN3O3S/c1-14(24)15-6-7-16(13-21)18(12-15)22-8-10-23(11-9-22)27(25,26)19-5-3-2-4-17(19)20/h2-7,12H,8-11H2,1H3. The number of piperazine rings is 1. The number of hydrogen-bond donors (Lipinski definition) is 0. The van der Waals surface area contributed by atoms with Crippen molar-refractivity contribution in [1.82, 2.24) is 4.31 Å². The third kappa shape index (κ3) is 3.90. The van der Waals surface area contributed by atoms with Crippen LogP contribution in [0.1, 0.15) is 22.8 Å². The highest BCUT2D eigenvalue weighted by Crippen LogP contribution is 2.28. The number of anilines is 1. The molecule has 0 aromatic heterocycles. The zero-order valence-corrected chi connectivity index (χ0v) is 17.1. The van der Waals surface area contributed by atoms with E-state index in [1.165, 1.54) is 11.2 Å². The topological polar surface area (TPSA) is 81.5 Å². The van der Waals surface area contributed by atoms with Crippen LogP contribution in [0.4, 0.5) is 5.69 Å². The van der Waals surface area contributed by atoms with Gasteiger partial charge in [0.2, 0.25) is 10.0 Å². The van der Waals surface area contributed by atoms with Crippen molar-refractivity contribution < 1.29 is 13.2 Å². The molecule has 6 nitrogen and oxygen atoms in total. The molecule has 0 spiro atoms. The molecule has 0 amide bonds. The Morgan fingerprint density at radius 1 is 1.11 bits per heavy atom. The van der Waals surface area contributed by atoms with Gasteiger partial charge >= 0.3 is 0 Å². The summed E-state index contributed by atoms with van der Waals surface area (Å²) >= 11 is 3.30. The number of halogens is 1. The van der Waals surface area contributed by atoms with Gasteiger partial charge in [0.05, 0.1) is 16.1 Å². The summed E-state index contributed by atoms with van der Waals surface area (Å²) in [6, 6.07) is 13.9. The van der Waals surface area contributed by atoms with Gasteiger partial charge in [-0.2, -0.15) is 9.57 Å². The molecule has 1 saturated heterocycles.